The molecule has 2 aliphatic rings. The van der Waals surface area contributed by atoms with Gasteiger partial charge in [0.1, 0.15) is 5.82 Å². The van der Waals surface area contributed by atoms with Crippen molar-refractivity contribution in [2.75, 3.05) is 13.2 Å². The molecule has 0 spiro atoms. The van der Waals surface area contributed by atoms with E-state index in [1.807, 2.05) is 19.1 Å². The Morgan fingerprint density at radius 1 is 1.07 bits per heavy atom. The lowest BCUT2D eigenvalue weighted by Crippen LogP contribution is -2.25. The third-order valence-corrected chi connectivity index (χ3v) is 6.65. The number of nitrogens with zero attached hydrogens (tertiary/aromatic N) is 1. The fourth-order valence-electron chi connectivity index (χ4n) is 5.07. The third kappa shape index (κ3) is 5.42. The van der Waals surface area contributed by atoms with Crippen LogP contribution in [0.5, 0.6) is 0 Å². The molecule has 0 atom stereocenters. The average molecular weight is 370 g/mol. The van der Waals surface area contributed by atoms with Crippen LogP contribution in [0.3, 0.4) is 0 Å². The molecule has 0 unspecified atom stereocenters. The van der Waals surface area contributed by atoms with Gasteiger partial charge >= 0.3 is 0 Å². The van der Waals surface area contributed by atoms with Crippen LogP contribution in [0.2, 0.25) is 0 Å². The molecule has 0 bridgehead atoms. The summed E-state index contributed by atoms with van der Waals surface area (Å²) < 4.78 is 19.7. The van der Waals surface area contributed by atoms with E-state index in [0.29, 0.717) is 11.5 Å². The van der Waals surface area contributed by atoms with E-state index in [0.717, 1.165) is 49.4 Å². The zero-order valence-electron chi connectivity index (χ0n) is 16.5. The van der Waals surface area contributed by atoms with Gasteiger partial charge in [-0.25, -0.2) is 4.39 Å². The number of allylic oxidation sites excluding steroid dienone is 1. The quantitative estimate of drug-likeness (QED) is 0.431. The molecule has 146 valence electrons. The van der Waals surface area contributed by atoms with Gasteiger partial charge in [-0.3, -0.25) is 0 Å². The Labute approximate surface area is 163 Å². The first-order chi connectivity index (χ1) is 13.2. The molecule has 0 N–H and O–H groups in total. The number of hydrogen-bond acceptors (Lipinski definition) is 2. The molecule has 1 aromatic rings. The van der Waals surface area contributed by atoms with Crippen LogP contribution in [0.1, 0.15) is 75.3 Å². The fourth-order valence-corrected chi connectivity index (χ4v) is 5.07. The Balaban J connectivity index is 1.45. The van der Waals surface area contributed by atoms with Gasteiger partial charge in [-0.15, -0.1) is 0 Å². The molecule has 0 saturated heterocycles. The van der Waals surface area contributed by atoms with Crippen LogP contribution in [0.25, 0.3) is 0 Å². The molecule has 2 fully saturated rings. The average Bonchev–Trinajstić information content (AvgIpc) is 2.72. The van der Waals surface area contributed by atoms with Crippen molar-refractivity contribution in [2.45, 2.75) is 64.2 Å². The molecular formula is C24H32FNO. The van der Waals surface area contributed by atoms with Crippen molar-refractivity contribution >= 4 is 0 Å². The maximum atomic E-state index is 14.3. The predicted octanol–water partition coefficient (Wildman–Crippen LogP) is 6.37. The highest BCUT2D eigenvalue weighted by Crippen LogP contribution is 2.44. The van der Waals surface area contributed by atoms with E-state index in [2.05, 4.69) is 12.2 Å². The Bertz CT molecular complexity index is 661. The molecule has 0 aliphatic heterocycles. The summed E-state index contributed by atoms with van der Waals surface area (Å²) in [4.78, 5) is 0. The van der Waals surface area contributed by atoms with E-state index in [-0.39, 0.29) is 5.82 Å². The van der Waals surface area contributed by atoms with Crippen molar-refractivity contribution in [3.05, 3.63) is 47.3 Å². The molecule has 2 nitrogen and oxygen atoms in total. The highest BCUT2D eigenvalue weighted by molar-refractivity contribution is 5.34. The third-order valence-electron chi connectivity index (χ3n) is 6.65. The van der Waals surface area contributed by atoms with Crippen molar-refractivity contribution in [3.63, 3.8) is 0 Å². The van der Waals surface area contributed by atoms with Crippen LogP contribution >= 0.6 is 0 Å². The van der Waals surface area contributed by atoms with Crippen LogP contribution in [0.15, 0.2) is 30.4 Å². The van der Waals surface area contributed by atoms with Crippen molar-refractivity contribution < 1.29 is 9.13 Å². The Morgan fingerprint density at radius 3 is 2.33 bits per heavy atom. The van der Waals surface area contributed by atoms with Crippen LogP contribution in [0, 0.1) is 34.9 Å². The fraction of sp³-hybridized carbons (Fsp3) is 0.625. The summed E-state index contributed by atoms with van der Waals surface area (Å²) in [6.45, 7) is 3.56. The summed E-state index contributed by atoms with van der Waals surface area (Å²) in [5.41, 5.74) is 1.23. The summed E-state index contributed by atoms with van der Waals surface area (Å²) in [6.07, 6.45) is 14.4. The highest BCUT2D eigenvalue weighted by Gasteiger charge is 2.31. The van der Waals surface area contributed by atoms with Gasteiger partial charge in [0.15, 0.2) is 0 Å². The molecule has 3 heteroatoms. The minimum Gasteiger partial charge on any atom is -0.378 e. The highest BCUT2D eigenvalue weighted by atomic mass is 19.1. The van der Waals surface area contributed by atoms with E-state index >= 15 is 0 Å². The van der Waals surface area contributed by atoms with Crippen LogP contribution in [0.4, 0.5) is 4.39 Å². The van der Waals surface area contributed by atoms with Gasteiger partial charge in [-0.1, -0.05) is 18.2 Å². The normalized spacial score (nSPS) is 28.9. The molecule has 2 saturated carbocycles. The number of hydrogen-bond donors (Lipinski definition) is 0. The first kappa shape index (κ1) is 20.1. The molecule has 0 heterocycles. The zero-order chi connectivity index (χ0) is 19.1. The van der Waals surface area contributed by atoms with E-state index in [9.17, 15) is 4.39 Å². The largest absolute Gasteiger partial charge is 0.378 e. The van der Waals surface area contributed by atoms with Gasteiger partial charge in [-0.05, 0) is 99.7 Å². The number of nitriles is 1. The lowest BCUT2D eigenvalue weighted by atomic mass is 9.68. The summed E-state index contributed by atoms with van der Waals surface area (Å²) in [5.74, 6) is 2.53. The summed E-state index contributed by atoms with van der Waals surface area (Å²) in [7, 11) is 0. The second-order valence-corrected chi connectivity index (χ2v) is 8.22. The van der Waals surface area contributed by atoms with Crippen LogP contribution < -0.4 is 0 Å². The Hall–Kier alpha value is -1.66. The predicted molar refractivity (Wildman–Crippen MR) is 107 cm³/mol. The maximum Gasteiger partial charge on any atom is 0.127 e. The molecule has 0 amide bonds. The van der Waals surface area contributed by atoms with Crippen LogP contribution in [-0.2, 0) is 4.74 Å². The first-order valence-electron chi connectivity index (χ1n) is 10.6. The van der Waals surface area contributed by atoms with Crippen LogP contribution in [-0.4, -0.2) is 13.2 Å². The molecule has 27 heavy (non-hydrogen) atoms. The van der Waals surface area contributed by atoms with Gasteiger partial charge in [0.05, 0.1) is 18.2 Å². The Morgan fingerprint density at radius 2 is 1.74 bits per heavy atom. The van der Waals surface area contributed by atoms with Crippen molar-refractivity contribution in [3.8, 4) is 6.07 Å². The van der Waals surface area contributed by atoms with Gasteiger partial charge in [-0.2, -0.15) is 5.26 Å². The van der Waals surface area contributed by atoms with E-state index < -0.39 is 0 Å². The van der Waals surface area contributed by atoms with Gasteiger partial charge in [0.2, 0.25) is 0 Å². The second kappa shape index (κ2) is 10.0. The lowest BCUT2D eigenvalue weighted by molar-refractivity contribution is 0.168. The maximum absolute atomic E-state index is 14.3. The Kier molecular flexibility index (Phi) is 7.47. The SMILES string of the molecule is CCOCC=CC1CCC(C2CCC(c3ccc(C#N)cc3F)CC2)CC1. The van der Waals surface area contributed by atoms with Crippen molar-refractivity contribution in [1.82, 2.24) is 0 Å². The van der Waals surface area contributed by atoms with E-state index in [4.69, 9.17) is 10.00 Å². The topological polar surface area (TPSA) is 33.0 Å². The summed E-state index contributed by atoms with van der Waals surface area (Å²) >= 11 is 0. The first-order valence-corrected chi connectivity index (χ1v) is 10.6. The van der Waals surface area contributed by atoms with Crippen molar-refractivity contribution in [1.29, 1.82) is 5.26 Å². The molecule has 3 rings (SSSR count). The molecular weight excluding hydrogens is 337 g/mol. The van der Waals surface area contributed by atoms with Gasteiger partial charge < -0.3 is 4.74 Å². The molecule has 0 aromatic heterocycles. The number of ether oxygens (including phenoxy) is 1. The van der Waals surface area contributed by atoms with Crippen molar-refractivity contribution in [2.24, 2.45) is 17.8 Å². The van der Waals surface area contributed by atoms with Gasteiger partial charge in [0.25, 0.3) is 0 Å². The lowest BCUT2D eigenvalue weighted by Gasteiger charge is -2.37. The number of halogens is 1. The smallest absolute Gasteiger partial charge is 0.127 e. The standard InChI is InChI=1S/C24H32FNO/c1-2-27-15-3-4-18-5-8-20(9-6-18)21-10-12-22(13-11-21)23-14-7-19(17-26)16-24(23)25/h3-4,7,14,16,18,20-22H,2,5-6,8-13,15H2,1H3. The summed E-state index contributed by atoms with van der Waals surface area (Å²) in [6, 6.07) is 7.00. The minimum absolute atomic E-state index is 0.197. The van der Waals surface area contributed by atoms with E-state index in [1.165, 1.54) is 44.6 Å². The monoisotopic (exact) mass is 369 g/mol. The number of rotatable bonds is 6. The minimum atomic E-state index is -0.197. The van der Waals surface area contributed by atoms with Gasteiger partial charge in [0, 0.05) is 6.61 Å². The second-order valence-electron chi connectivity index (χ2n) is 8.22. The molecule has 2 aliphatic carbocycles. The molecule has 1 aromatic carbocycles. The summed E-state index contributed by atoms with van der Waals surface area (Å²) in [5, 5.41) is 8.91. The number of benzene rings is 1. The van der Waals surface area contributed by atoms with E-state index in [1.54, 1.807) is 6.07 Å². The molecule has 0 radical (unpaired) electrons. The zero-order valence-corrected chi connectivity index (χ0v) is 16.5.